The average Bonchev–Trinajstić information content (AvgIpc) is 3.31. The smallest absolute Gasteiger partial charge is 0.270 e. The van der Waals surface area contributed by atoms with E-state index in [0.717, 1.165) is 11.3 Å². The second-order valence-electron chi connectivity index (χ2n) is 9.58. The predicted octanol–water partition coefficient (Wildman–Crippen LogP) is 0.535. The topological polar surface area (TPSA) is 157 Å². The zero-order valence-electron chi connectivity index (χ0n) is 23.9. The SMILES string of the molecule is CCNC(=O)/C(C#N)=c1\s/c(=C/Nc2cccc(NC(=O)CN3CCN(S(=O)(=O)c4ccccc4)CC3)c2)c(=O)n1CC. The number of thiazole rings is 1. The fraction of sp³-hybridized carbons (Fsp3) is 0.310. The van der Waals surface area contributed by atoms with E-state index >= 15 is 0 Å². The number of rotatable bonds is 10. The number of carbonyl (C=O) groups excluding carboxylic acids is 2. The molecular formula is C29H33N7O5S2. The highest BCUT2D eigenvalue weighted by Crippen LogP contribution is 2.18. The molecule has 0 bridgehead atoms. The maximum absolute atomic E-state index is 12.9. The monoisotopic (exact) mass is 623 g/mol. The van der Waals surface area contributed by atoms with Crippen molar-refractivity contribution in [1.82, 2.24) is 19.1 Å². The summed E-state index contributed by atoms with van der Waals surface area (Å²) in [5.41, 5.74) is 0.716. The van der Waals surface area contributed by atoms with Crippen LogP contribution in [0.4, 0.5) is 11.4 Å². The number of nitrogens with one attached hydrogen (secondary N) is 3. The molecule has 0 saturated carbocycles. The van der Waals surface area contributed by atoms with Crippen molar-refractivity contribution in [1.29, 1.82) is 5.26 Å². The van der Waals surface area contributed by atoms with E-state index in [4.69, 9.17) is 0 Å². The van der Waals surface area contributed by atoms with Gasteiger partial charge in [0.25, 0.3) is 11.5 Å². The molecule has 226 valence electrons. The summed E-state index contributed by atoms with van der Waals surface area (Å²) < 4.78 is 29.1. The van der Waals surface area contributed by atoms with Gasteiger partial charge in [-0.25, -0.2) is 8.42 Å². The van der Waals surface area contributed by atoms with Gasteiger partial charge < -0.3 is 16.0 Å². The highest BCUT2D eigenvalue weighted by Gasteiger charge is 2.28. The molecule has 0 radical (unpaired) electrons. The fourth-order valence-corrected chi connectivity index (χ4v) is 7.08. The molecule has 43 heavy (non-hydrogen) atoms. The Morgan fingerprint density at radius 2 is 1.72 bits per heavy atom. The first-order valence-electron chi connectivity index (χ1n) is 13.7. The van der Waals surface area contributed by atoms with E-state index in [1.807, 2.05) is 11.0 Å². The van der Waals surface area contributed by atoms with Crippen LogP contribution in [0.2, 0.25) is 0 Å². The summed E-state index contributed by atoms with van der Waals surface area (Å²) in [4.78, 5) is 40.2. The van der Waals surface area contributed by atoms with Crippen LogP contribution in [0, 0.1) is 11.3 Å². The molecule has 0 atom stereocenters. The first-order valence-corrected chi connectivity index (χ1v) is 16.0. The van der Waals surface area contributed by atoms with Crippen LogP contribution in [0.5, 0.6) is 0 Å². The third-order valence-corrected chi connectivity index (χ3v) is 9.75. The third kappa shape index (κ3) is 7.57. The lowest BCUT2D eigenvalue weighted by Crippen LogP contribution is -2.50. The van der Waals surface area contributed by atoms with Crippen LogP contribution in [-0.2, 0) is 26.2 Å². The van der Waals surface area contributed by atoms with Crippen LogP contribution in [0.1, 0.15) is 13.8 Å². The second kappa shape index (κ2) is 14.3. The standard InChI is InChI=1S/C29H33N7O5S2/c1-3-31-27(38)24(18-30)29-36(4-2)28(39)25(42-29)19-32-21-9-8-10-22(17-21)33-26(37)20-34-13-15-35(16-14-34)43(40,41)23-11-6-5-7-12-23/h5-12,17,19,32H,3-4,13-16,20H2,1-2H3,(H,31,38)(H,33,37)/b25-19+,29-24-. The maximum Gasteiger partial charge on any atom is 0.270 e. The van der Waals surface area contributed by atoms with Crippen LogP contribution < -0.4 is 30.7 Å². The van der Waals surface area contributed by atoms with Crippen molar-refractivity contribution in [2.45, 2.75) is 25.3 Å². The van der Waals surface area contributed by atoms with Crippen molar-refractivity contribution in [2.75, 3.05) is 49.9 Å². The largest absolute Gasteiger partial charge is 0.360 e. The van der Waals surface area contributed by atoms with Crippen molar-refractivity contribution in [3.63, 3.8) is 0 Å². The van der Waals surface area contributed by atoms with Crippen molar-refractivity contribution in [3.05, 3.63) is 74.1 Å². The Kier molecular flexibility index (Phi) is 10.5. The molecule has 3 aromatic rings. The number of nitriles is 1. The Balaban J connectivity index is 1.39. The van der Waals surface area contributed by atoms with Crippen molar-refractivity contribution in [2.24, 2.45) is 0 Å². The number of carbonyl (C=O) groups is 2. The summed E-state index contributed by atoms with van der Waals surface area (Å²) in [6.07, 6.45) is 1.51. The lowest BCUT2D eigenvalue weighted by molar-refractivity contribution is -0.117. The van der Waals surface area contributed by atoms with Gasteiger partial charge in [0, 0.05) is 56.8 Å². The van der Waals surface area contributed by atoms with Gasteiger partial charge in [0.2, 0.25) is 15.9 Å². The van der Waals surface area contributed by atoms with E-state index in [0.29, 0.717) is 55.2 Å². The molecule has 0 unspecified atom stereocenters. The number of hydrogen-bond acceptors (Lipinski definition) is 9. The molecule has 12 nitrogen and oxygen atoms in total. The minimum atomic E-state index is -3.57. The summed E-state index contributed by atoms with van der Waals surface area (Å²) >= 11 is 1.05. The van der Waals surface area contributed by atoms with E-state index in [9.17, 15) is 28.1 Å². The van der Waals surface area contributed by atoms with Gasteiger partial charge in [-0.2, -0.15) is 9.57 Å². The minimum Gasteiger partial charge on any atom is -0.360 e. The molecule has 3 N–H and O–H groups in total. The lowest BCUT2D eigenvalue weighted by Gasteiger charge is -2.33. The predicted molar refractivity (Wildman–Crippen MR) is 166 cm³/mol. The number of sulfonamides is 1. The quantitative estimate of drug-likeness (QED) is 0.295. The molecule has 0 spiro atoms. The van der Waals surface area contributed by atoms with Crippen molar-refractivity contribution in [3.8, 4) is 6.07 Å². The highest BCUT2D eigenvalue weighted by molar-refractivity contribution is 7.89. The van der Waals surface area contributed by atoms with Gasteiger partial charge in [0.05, 0.1) is 11.4 Å². The number of benzene rings is 2. The van der Waals surface area contributed by atoms with Crippen LogP contribution in [-0.4, -0.2) is 73.3 Å². The number of nitrogens with zero attached hydrogens (tertiary/aromatic N) is 4. The van der Waals surface area contributed by atoms with E-state index in [1.165, 1.54) is 15.1 Å². The molecule has 1 aliphatic heterocycles. The highest BCUT2D eigenvalue weighted by atomic mass is 32.2. The number of piperazine rings is 1. The Hall–Kier alpha value is -4.29. The van der Waals surface area contributed by atoms with Gasteiger partial charge in [0.1, 0.15) is 15.3 Å². The molecule has 4 rings (SSSR count). The van der Waals surface area contributed by atoms with E-state index in [-0.39, 0.29) is 33.1 Å². The molecule has 1 fully saturated rings. The summed E-state index contributed by atoms with van der Waals surface area (Å²) in [6.45, 7) is 5.72. The average molecular weight is 624 g/mol. The van der Waals surface area contributed by atoms with Gasteiger partial charge in [-0.15, -0.1) is 11.3 Å². The molecule has 2 amide bonds. The lowest BCUT2D eigenvalue weighted by atomic mass is 10.2. The number of hydrogen-bond donors (Lipinski definition) is 3. The number of amides is 2. The zero-order chi connectivity index (χ0) is 31.0. The van der Waals surface area contributed by atoms with E-state index < -0.39 is 15.9 Å². The summed E-state index contributed by atoms with van der Waals surface area (Å²) in [6, 6.07) is 17.2. The second-order valence-corrected chi connectivity index (χ2v) is 12.5. The Morgan fingerprint density at radius 3 is 2.37 bits per heavy atom. The fourth-order valence-electron chi connectivity index (χ4n) is 4.55. The Bertz CT molecular complexity index is 1800. The third-order valence-electron chi connectivity index (χ3n) is 6.71. The van der Waals surface area contributed by atoms with E-state index in [2.05, 4.69) is 16.0 Å². The maximum atomic E-state index is 12.9. The minimum absolute atomic E-state index is 0.112. The van der Waals surface area contributed by atoms with Crippen LogP contribution in [0.25, 0.3) is 11.8 Å². The van der Waals surface area contributed by atoms with Crippen molar-refractivity contribution >= 4 is 56.3 Å². The van der Waals surface area contributed by atoms with Gasteiger partial charge in [0.15, 0.2) is 5.57 Å². The zero-order valence-corrected chi connectivity index (χ0v) is 25.5. The van der Waals surface area contributed by atoms with Crippen LogP contribution >= 0.6 is 11.3 Å². The van der Waals surface area contributed by atoms with Gasteiger partial charge in [-0.05, 0) is 44.2 Å². The van der Waals surface area contributed by atoms with Crippen LogP contribution in [0.15, 0.2) is 64.3 Å². The normalized spacial score (nSPS) is 15.4. The molecule has 1 aliphatic rings. The molecular weight excluding hydrogens is 590 g/mol. The van der Waals surface area contributed by atoms with Crippen molar-refractivity contribution < 1.29 is 18.0 Å². The van der Waals surface area contributed by atoms with Crippen LogP contribution in [0.3, 0.4) is 0 Å². The molecule has 14 heteroatoms. The first-order chi connectivity index (χ1) is 20.7. The Morgan fingerprint density at radius 1 is 1.02 bits per heavy atom. The summed E-state index contributed by atoms with van der Waals surface area (Å²) in [5.74, 6) is -0.769. The molecule has 0 aliphatic carbocycles. The van der Waals surface area contributed by atoms with Gasteiger partial charge in [-0.1, -0.05) is 24.3 Å². The molecule has 1 saturated heterocycles. The summed E-state index contributed by atoms with van der Waals surface area (Å²) in [5, 5.41) is 18.1. The molecule has 2 aromatic carbocycles. The molecule has 2 heterocycles. The van der Waals surface area contributed by atoms with E-state index in [1.54, 1.807) is 68.4 Å². The number of aromatic nitrogens is 1. The van der Waals surface area contributed by atoms with Gasteiger partial charge >= 0.3 is 0 Å². The Labute approximate surface area is 253 Å². The van der Waals surface area contributed by atoms with Gasteiger partial charge in [-0.3, -0.25) is 23.9 Å². The first kappa shape index (κ1) is 31.6. The summed E-state index contributed by atoms with van der Waals surface area (Å²) in [7, 11) is -3.57. The molecule has 1 aromatic heterocycles. The number of anilines is 2.